The van der Waals surface area contributed by atoms with E-state index in [9.17, 15) is 4.39 Å². The number of benzene rings is 1. The maximum absolute atomic E-state index is 13.5. The first kappa shape index (κ1) is 18.9. The third-order valence-electron chi connectivity index (χ3n) is 3.83. The summed E-state index contributed by atoms with van der Waals surface area (Å²) >= 11 is 9.67. The number of hydrogen-bond acceptors (Lipinski definition) is 5. The number of nitrogens with one attached hydrogen (secondary N) is 1. The van der Waals surface area contributed by atoms with Crippen LogP contribution in [0.2, 0.25) is 5.15 Å². The Balaban J connectivity index is 1.92. The van der Waals surface area contributed by atoms with E-state index < -0.39 is 5.82 Å². The van der Waals surface area contributed by atoms with Crippen LogP contribution in [0.4, 0.5) is 10.1 Å². The summed E-state index contributed by atoms with van der Waals surface area (Å²) in [5.41, 5.74) is 8.64. The van der Waals surface area contributed by atoms with Gasteiger partial charge in [0.25, 0.3) is 0 Å². The van der Waals surface area contributed by atoms with Crippen LogP contribution in [0.5, 0.6) is 5.75 Å². The fourth-order valence-corrected chi connectivity index (χ4v) is 3.33. The molecule has 0 fully saturated rings. The number of hydrogen-bond donors (Lipinski definition) is 2. The Labute approximate surface area is 163 Å². The van der Waals surface area contributed by atoms with Gasteiger partial charge in [0.1, 0.15) is 16.4 Å². The number of nitrogens with zero attached hydrogens (tertiary/aromatic N) is 1. The number of anilines is 1. The molecule has 26 heavy (non-hydrogen) atoms. The molecule has 0 aliphatic rings. The minimum Gasteiger partial charge on any atom is -0.494 e. The zero-order chi connectivity index (χ0) is 18.8. The first-order chi connectivity index (χ1) is 12.4. The third kappa shape index (κ3) is 3.95. The molecule has 5 nitrogen and oxygen atoms in total. The molecule has 2 heterocycles. The quantitative estimate of drug-likeness (QED) is 0.532. The fourth-order valence-electron chi connectivity index (χ4n) is 2.62. The number of aromatic nitrogens is 1. The molecular weight excluding hydrogens is 425 g/mol. The lowest BCUT2D eigenvalue weighted by molar-refractivity contribution is 0.386. The zero-order valence-electron chi connectivity index (χ0n) is 14.3. The Morgan fingerprint density at radius 1 is 1.42 bits per heavy atom. The lowest BCUT2D eigenvalue weighted by Gasteiger charge is -2.09. The third-order valence-corrected chi connectivity index (χ3v) is 4.84. The molecule has 3 rings (SSSR count). The summed E-state index contributed by atoms with van der Waals surface area (Å²) in [6, 6.07) is 6.34. The topological polar surface area (TPSA) is 73.3 Å². The molecule has 0 saturated carbocycles. The minimum absolute atomic E-state index is 0.0505. The van der Waals surface area contributed by atoms with Crippen LogP contribution in [0.25, 0.3) is 11.1 Å². The summed E-state index contributed by atoms with van der Waals surface area (Å²) < 4.78 is 25.3. The van der Waals surface area contributed by atoms with E-state index >= 15 is 0 Å². The maximum Gasteiger partial charge on any atom is 0.177 e. The lowest BCUT2D eigenvalue weighted by Crippen LogP contribution is -2.17. The Bertz CT molecular complexity index is 946. The van der Waals surface area contributed by atoms with Crippen molar-refractivity contribution in [3.8, 4) is 5.75 Å². The van der Waals surface area contributed by atoms with E-state index in [0.29, 0.717) is 34.9 Å². The molecule has 3 aromatic rings. The number of nitrogens with two attached hydrogens (primary N) is 1. The van der Waals surface area contributed by atoms with Gasteiger partial charge in [0.05, 0.1) is 17.3 Å². The highest BCUT2D eigenvalue weighted by molar-refractivity contribution is 9.10. The summed E-state index contributed by atoms with van der Waals surface area (Å²) in [5, 5.41) is 3.60. The first-order valence-electron chi connectivity index (χ1n) is 7.98. The highest BCUT2D eigenvalue weighted by Gasteiger charge is 2.18. The van der Waals surface area contributed by atoms with E-state index in [1.54, 1.807) is 18.2 Å². The molecule has 1 atom stereocenters. The molecule has 0 spiro atoms. The van der Waals surface area contributed by atoms with Crippen molar-refractivity contribution < 1.29 is 13.5 Å². The largest absolute Gasteiger partial charge is 0.494 e. The van der Waals surface area contributed by atoms with Gasteiger partial charge in [-0.25, -0.2) is 9.37 Å². The van der Waals surface area contributed by atoms with Gasteiger partial charge in [0.2, 0.25) is 0 Å². The lowest BCUT2D eigenvalue weighted by atomic mass is 10.2. The van der Waals surface area contributed by atoms with Crippen molar-refractivity contribution in [3.05, 3.63) is 51.0 Å². The number of pyridine rings is 1. The van der Waals surface area contributed by atoms with Crippen molar-refractivity contribution in [2.45, 2.75) is 25.9 Å². The van der Waals surface area contributed by atoms with Crippen molar-refractivity contribution in [2.75, 3.05) is 12.4 Å². The smallest absolute Gasteiger partial charge is 0.177 e. The van der Waals surface area contributed by atoms with Crippen LogP contribution < -0.4 is 15.8 Å². The second-order valence-corrected chi connectivity index (χ2v) is 7.19. The first-order valence-corrected chi connectivity index (χ1v) is 9.15. The molecule has 1 aromatic carbocycles. The van der Waals surface area contributed by atoms with E-state index in [-0.39, 0.29) is 11.8 Å². The maximum atomic E-state index is 13.5. The molecule has 0 bridgehead atoms. The normalized spacial score (nSPS) is 12.4. The van der Waals surface area contributed by atoms with Gasteiger partial charge in [-0.15, -0.1) is 0 Å². The van der Waals surface area contributed by atoms with E-state index in [4.69, 9.17) is 26.5 Å². The Hall–Kier alpha value is -1.83. The monoisotopic (exact) mass is 441 g/mol. The standard InChI is InChI=1S/C18H18BrClFN3O2/c1-9(22)5-14-16(19)17-18(26-14)12(7-15(20)24-17)23-8-10-3-4-11(21)13(6-10)25-2/h3-4,6-7,9H,5,8,22H2,1-2H3,(H,23,24)/t9-/m0/s1. The van der Waals surface area contributed by atoms with Crippen LogP contribution in [0.1, 0.15) is 18.2 Å². The molecule has 0 amide bonds. The van der Waals surface area contributed by atoms with Crippen molar-refractivity contribution in [1.82, 2.24) is 4.98 Å². The van der Waals surface area contributed by atoms with Crippen LogP contribution in [-0.2, 0) is 13.0 Å². The molecule has 138 valence electrons. The van der Waals surface area contributed by atoms with Gasteiger partial charge in [0.15, 0.2) is 17.1 Å². The van der Waals surface area contributed by atoms with Crippen LogP contribution in [-0.4, -0.2) is 18.1 Å². The SMILES string of the molecule is COc1cc(CNc2cc(Cl)nc3c(Br)c(C[C@H](C)N)oc23)ccc1F. The average Bonchev–Trinajstić information content (AvgIpc) is 2.89. The van der Waals surface area contributed by atoms with Crippen molar-refractivity contribution in [3.63, 3.8) is 0 Å². The van der Waals surface area contributed by atoms with Crippen LogP contribution in [0.15, 0.2) is 33.2 Å². The zero-order valence-corrected chi connectivity index (χ0v) is 16.6. The van der Waals surface area contributed by atoms with Crippen molar-refractivity contribution in [2.24, 2.45) is 5.73 Å². The molecule has 0 aliphatic heterocycles. The van der Waals surface area contributed by atoms with Gasteiger partial charge >= 0.3 is 0 Å². The molecule has 2 aromatic heterocycles. The Morgan fingerprint density at radius 3 is 2.88 bits per heavy atom. The van der Waals surface area contributed by atoms with Gasteiger partial charge < -0.3 is 20.2 Å². The summed E-state index contributed by atoms with van der Waals surface area (Å²) in [6.07, 6.45) is 0.573. The molecule has 0 radical (unpaired) electrons. The number of furan rings is 1. The van der Waals surface area contributed by atoms with Crippen molar-refractivity contribution in [1.29, 1.82) is 0 Å². The van der Waals surface area contributed by atoms with E-state index in [1.807, 2.05) is 6.92 Å². The minimum atomic E-state index is -0.402. The highest BCUT2D eigenvalue weighted by Crippen LogP contribution is 2.36. The summed E-state index contributed by atoms with van der Waals surface area (Å²) in [6.45, 7) is 2.34. The second-order valence-electron chi connectivity index (χ2n) is 6.01. The fraction of sp³-hybridized carbons (Fsp3) is 0.278. The molecular formula is C18H18BrClFN3O2. The predicted molar refractivity (Wildman–Crippen MR) is 104 cm³/mol. The molecule has 0 aliphatic carbocycles. The summed E-state index contributed by atoms with van der Waals surface area (Å²) in [7, 11) is 1.43. The summed E-state index contributed by atoms with van der Waals surface area (Å²) in [5.74, 6) is 0.513. The van der Waals surface area contributed by atoms with Gasteiger partial charge in [-0.05, 0) is 40.5 Å². The molecule has 8 heteroatoms. The van der Waals surface area contributed by atoms with Gasteiger partial charge in [-0.2, -0.15) is 0 Å². The van der Waals surface area contributed by atoms with Crippen LogP contribution in [0.3, 0.4) is 0 Å². The van der Waals surface area contributed by atoms with E-state index in [1.165, 1.54) is 13.2 Å². The van der Waals surface area contributed by atoms with E-state index in [0.717, 1.165) is 15.8 Å². The number of methoxy groups -OCH3 is 1. The van der Waals surface area contributed by atoms with E-state index in [2.05, 4.69) is 26.2 Å². The Morgan fingerprint density at radius 2 is 2.19 bits per heavy atom. The highest BCUT2D eigenvalue weighted by atomic mass is 79.9. The second kappa shape index (κ2) is 7.82. The number of rotatable bonds is 6. The van der Waals surface area contributed by atoms with Gasteiger partial charge in [-0.1, -0.05) is 17.7 Å². The molecule has 0 saturated heterocycles. The van der Waals surface area contributed by atoms with Crippen molar-refractivity contribution >= 4 is 44.3 Å². The Kier molecular flexibility index (Phi) is 5.70. The number of ether oxygens (including phenoxy) is 1. The van der Waals surface area contributed by atoms with Gasteiger partial charge in [-0.3, -0.25) is 0 Å². The molecule has 3 N–H and O–H groups in total. The van der Waals surface area contributed by atoms with Crippen LogP contribution >= 0.6 is 27.5 Å². The molecule has 0 unspecified atom stereocenters. The average molecular weight is 443 g/mol. The summed E-state index contributed by atoms with van der Waals surface area (Å²) in [4.78, 5) is 4.33. The predicted octanol–water partition coefficient (Wildman–Crippen LogP) is 4.89. The number of fused-ring (bicyclic) bond motifs is 1. The number of halogens is 3. The van der Waals surface area contributed by atoms with Gasteiger partial charge in [0, 0.05) is 25.1 Å². The van der Waals surface area contributed by atoms with Crippen LogP contribution in [0, 0.1) is 5.82 Å².